The van der Waals surface area contributed by atoms with E-state index < -0.39 is 17.5 Å². The molecule has 1 aliphatic rings. The van der Waals surface area contributed by atoms with Crippen molar-refractivity contribution >= 4 is 23.9 Å². The summed E-state index contributed by atoms with van der Waals surface area (Å²) in [5.41, 5.74) is -0.498. The van der Waals surface area contributed by atoms with Gasteiger partial charge in [0.1, 0.15) is 5.54 Å². The SMILES string of the molecule is CCN1C(=O)N(CC)C(C)(C)C1=O.O=C(O)c1ccc(C(=O)O)cc1. The first-order valence-electron chi connectivity index (χ1n) is 7.78. The lowest BCUT2D eigenvalue weighted by atomic mass is 10.0. The molecule has 1 heterocycles. The molecule has 1 saturated heterocycles. The monoisotopic (exact) mass is 350 g/mol. The predicted octanol–water partition coefficient (Wildman–Crippen LogP) is 2.15. The summed E-state index contributed by atoms with van der Waals surface area (Å²) in [6.07, 6.45) is 0. The summed E-state index contributed by atoms with van der Waals surface area (Å²) in [6, 6.07) is 4.86. The Labute approximate surface area is 145 Å². The zero-order valence-electron chi connectivity index (χ0n) is 14.6. The molecule has 1 aromatic rings. The highest BCUT2D eigenvalue weighted by molar-refractivity contribution is 6.06. The number of urea groups is 1. The second-order valence-corrected chi connectivity index (χ2v) is 5.82. The van der Waals surface area contributed by atoms with Gasteiger partial charge in [0.15, 0.2) is 0 Å². The van der Waals surface area contributed by atoms with Crippen LogP contribution >= 0.6 is 0 Å². The largest absolute Gasteiger partial charge is 0.478 e. The van der Waals surface area contributed by atoms with Crippen LogP contribution in [-0.2, 0) is 4.79 Å². The Balaban J connectivity index is 0.000000251. The summed E-state index contributed by atoms with van der Waals surface area (Å²) in [6.45, 7) is 8.29. The van der Waals surface area contributed by atoms with Gasteiger partial charge in [0.2, 0.25) is 0 Å². The standard InChI is InChI=1S/C9H16N2O2.C8H6O4/c1-5-10-7(12)9(3,4)11(6-2)8(10)13;9-7(10)5-1-2-6(4-3-5)8(11)12/h5-6H2,1-4H3;1-4H,(H,9,10)(H,11,12). The number of hydrogen-bond donors (Lipinski definition) is 2. The second-order valence-electron chi connectivity index (χ2n) is 5.82. The number of nitrogens with zero attached hydrogens (tertiary/aromatic N) is 2. The Bertz CT molecular complexity index is 648. The maximum Gasteiger partial charge on any atom is 0.335 e. The van der Waals surface area contributed by atoms with E-state index in [2.05, 4.69) is 0 Å². The van der Waals surface area contributed by atoms with Gasteiger partial charge in [0.25, 0.3) is 5.91 Å². The van der Waals surface area contributed by atoms with Gasteiger partial charge in [-0.2, -0.15) is 0 Å². The predicted molar refractivity (Wildman–Crippen MR) is 89.6 cm³/mol. The van der Waals surface area contributed by atoms with E-state index in [4.69, 9.17) is 10.2 Å². The van der Waals surface area contributed by atoms with Crippen molar-refractivity contribution in [2.45, 2.75) is 33.2 Å². The van der Waals surface area contributed by atoms with E-state index in [9.17, 15) is 19.2 Å². The van der Waals surface area contributed by atoms with Crippen LogP contribution in [0.2, 0.25) is 0 Å². The average Bonchev–Trinajstić information content (AvgIpc) is 2.72. The Kier molecular flexibility index (Phi) is 6.27. The van der Waals surface area contributed by atoms with E-state index in [0.717, 1.165) is 0 Å². The first-order valence-corrected chi connectivity index (χ1v) is 7.78. The summed E-state index contributed by atoms with van der Waals surface area (Å²) < 4.78 is 0. The molecule has 25 heavy (non-hydrogen) atoms. The van der Waals surface area contributed by atoms with E-state index >= 15 is 0 Å². The summed E-state index contributed by atoms with van der Waals surface area (Å²) >= 11 is 0. The van der Waals surface area contributed by atoms with Crippen LogP contribution < -0.4 is 0 Å². The number of carbonyl (C=O) groups excluding carboxylic acids is 2. The molecule has 8 nitrogen and oxygen atoms in total. The van der Waals surface area contributed by atoms with Gasteiger partial charge >= 0.3 is 18.0 Å². The van der Waals surface area contributed by atoms with E-state index in [1.807, 2.05) is 13.8 Å². The molecule has 0 aliphatic carbocycles. The fourth-order valence-electron chi connectivity index (χ4n) is 2.48. The highest BCUT2D eigenvalue weighted by Gasteiger charge is 2.49. The Morgan fingerprint density at radius 2 is 1.32 bits per heavy atom. The number of imide groups is 1. The molecule has 0 radical (unpaired) electrons. The molecule has 8 heteroatoms. The smallest absolute Gasteiger partial charge is 0.335 e. The number of aromatic carboxylic acids is 2. The van der Waals surface area contributed by atoms with Gasteiger partial charge in [0.05, 0.1) is 11.1 Å². The molecular formula is C17H22N2O6. The molecule has 136 valence electrons. The number of carboxylic acids is 2. The number of rotatable bonds is 4. The van der Waals surface area contributed by atoms with E-state index in [0.29, 0.717) is 13.1 Å². The van der Waals surface area contributed by atoms with E-state index in [1.54, 1.807) is 18.7 Å². The van der Waals surface area contributed by atoms with Gasteiger partial charge in [-0.05, 0) is 52.0 Å². The van der Waals surface area contributed by atoms with Crippen molar-refractivity contribution in [3.05, 3.63) is 35.4 Å². The second kappa shape index (κ2) is 7.78. The number of carboxylic acid groups (broad SMARTS) is 2. The fraction of sp³-hybridized carbons (Fsp3) is 0.412. The Morgan fingerprint density at radius 1 is 0.920 bits per heavy atom. The summed E-state index contributed by atoms with van der Waals surface area (Å²) in [5.74, 6) is -2.22. The van der Waals surface area contributed by atoms with Crippen molar-refractivity contribution < 1.29 is 29.4 Å². The molecule has 3 amide bonds. The lowest BCUT2D eigenvalue weighted by Crippen LogP contribution is -2.43. The van der Waals surface area contributed by atoms with E-state index in [1.165, 1.54) is 29.2 Å². The minimum atomic E-state index is -1.06. The van der Waals surface area contributed by atoms with Crippen LogP contribution in [0.3, 0.4) is 0 Å². The summed E-state index contributed by atoms with van der Waals surface area (Å²) in [4.78, 5) is 46.9. The first-order chi connectivity index (χ1) is 11.6. The van der Waals surface area contributed by atoms with Crippen LogP contribution in [0, 0.1) is 0 Å². The highest BCUT2D eigenvalue weighted by Crippen LogP contribution is 2.26. The summed E-state index contributed by atoms with van der Waals surface area (Å²) in [5, 5.41) is 16.9. The highest BCUT2D eigenvalue weighted by atomic mass is 16.4. The van der Waals surface area contributed by atoms with Crippen molar-refractivity contribution in [1.29, 1.82) is 0 Å². The van der Waals surface area contributed by atoms with Crippen LogP contribution in [0.4, 0.5) is 4.79 Å². The molecule has 2 N–H and O–H groups in total. The third-order valence-corrected chi connectivity index (χ3v) is 3.92. The number of amides is 3. The normalized spacial score (nSPS) is 15.7. The molecular weight excluding hydrogens is 328 g/mol. The van der Waals surface area contributed by atoms with Crippen molar-refractivity contribution in [3.63, 3.8) is 0 Å². The van der Waals surface area contributed by atoms with Gasteiger partial charge in [-0.15, -0.1) is 0 Å². The quantitative estimate of drug-likeness (QED) is 0.804. The van der Waals surface area contributed by atoms with Crippen molar-refractivity contribution in [1.82, 2.24) is 9.80 Å². The third-order valence-electron chi connectivity index (χ3n) is 3.92. The first kappa shape index (κ1) is 20.1. The number of hydrogen-bond acceptors (Lipinski definition) is 4. The van der Waals surface area contributed by atoms with Gasteiger partial charge < -0.3 is 15.1 Å². The van der Waals surface area contributed by atoms with Crippen LogP contribution in [-0.4, -0.2) is 62.5 Å². The van der Waals surface area contributed by atoms with Crippen LogP contribution in [0.5, 0.6) is 0 Å². The summed E-state index contributed by atoms with van der Waals surface area (Å²) in [7, 11) is 0. The molecule has 0 unspecified atom stereocenters. The minimum absolute atomic E-state index is 0.0833. The number of benzene rings is 1. The molecule has 1 aliphatic heterocycles. The Hall–Kier alpha value is -2.90. The molecule has 1 fully saturated rings. The lowest BCUT2D eigenvalue weighted by molar-refractivity contribution is -0.131. The number of likely N-dealkylation sites (N-methyl/N-ethyl adjacent to an activating group) is 2. The van der Waals surface area contributed by atoms with Crippen molar-refractivity contribution in [3.8, 4) is 0 Å². The fourth-order valence-corrected chi connectivity index (χ4v) is 2.48. The van der Waals surface area contributed by atoms with Gasteiger partial charge in [-0.1, -0.05) is 0 Å². The van der Waals surface area contributed by atoms with Crippen molar-refractivity contribution in [2.75, 3.05) is 13.1 Å². The molecule has 0 saturated carbocycles. The Morgan fingerprint density at radius 3 is 1.52 bits per heavy atom. The lowest BCUT2D eigenvalue weighted by Gasteiger charge is -2.25. The zero-order chi connectivity index (χ0) is 19.4. The molecule has 0 spiro atoms. The molecule has 0 bridgehead atoms. The maximum absolute atomic E-state index is 11.7. The van der Waals surface area contributed by atoms with Gasteiger partial charge in [-0.25, -0.2) is 14.4 Å². The van der Waals surface area contributed by atoms with Gasteiger partial charge in [0, 0.05) is 13.1 Å². The molecule has 0 aromatic heterocycles. The van der Waals surface area contributed by atoms with E-state index in [-0.39, 0.29) is 23.1 Å². The third kappa shape index (κ3) is 4.14. The number of carbonyl (C=O) groups is 4. The minimum Gasteiger partial charge on any atom is -0.478 e. The molecule has 1 aromatic carbocycles. The van der Waals surface area contributed by atoms with Crippen LogP contribution in [0.25, 0.3) is 0 Å². The molecule has 2 rings (SSSR count). The topological polar surface area (TPSA) is 115 Å². The maximum atomic E-state index is 11.7. The van der Waals surface area contributed by atoms with Crippen LogP contribution in [0.1, 0.15) is 48.4 Å². The zero-order valence-corrected chi connectivity index (χ0v) is 14.6. The molecule has 0 atom stereocenters. The van der Waals surface area contributed by atoms with Crippen molar-refractivity contribution in [2.24, 2.45) is 0 Å². The average molecular weight is 350 g/mol. The van der Waals surface area contributed by atoms with Gasteiger partial charge in [-0.3, -0.25) is 9.69 Å². The van der Waals surface area contributed by atoms with Crippen LogP contribution in [0.15, 0.2) is 24.3 Å².